The van der Waals surface area contributed by atoms with Gasteiger partial charge in [-0.15, -0.1) is 11.6 Å². The largest absolute Gasteiger partial charge is 0.465 e. The topological polar surface area (TPSA) is 26.3 Å². The molecule has 2 nitrogen and oxygen atoms in total. The van der Waals surface area contributed by atoms with E-state index in [1.807, 2.05) is 42.5 Å². The molecule has 0 radical (unpaired) electrons. The van der Waals surface area contributed by atoms with Crippen LogP contribution in [0.1, 0.15) is 33.3 Å². The highest BCUT2D eigenvalue weighted by molar-refractivity contribution is 9.10. The Morgan fingerprint density at radius 1 is 1.24 bits per heavy atom. The zero-order valence-electron chi connectivity index (χ0n) is 11.7. The number of hydrogen-bond acceptors (Lipinski definition) is 2. The lowest BCUT2D eigenvalue weighted by Crippen LogP contribution is -2.06. The molecule has 0 aliphatic carbocycles. The summed E-state index contributed by atoms with van der Waals surface area (Å²) in [6.07, 6.45) is 1.48. The number of esters is 1. The predicted molar refractivity (Wildman–Crippen MR) is 88.8 cm³/mol. The Bertz CT molecular complexity index is 628. The van der Waals surface area contributed by atoms with Gasteiger partial charge in [0.2, 0.25) is 0 Å². The third-order valence-corrected chi connectivity index (χ3v) is 4.26. The maximum Gasteiger partial charge on any atom is 0.338 e. The Hall–Kier alpha value is -1.32. The smallest absolute Gasteiger partial charge is 0.338 e. The highest BCUT2D eigenvalue weighted by Gasteiger charge is 2.13. The number of methoxy groups -OCH3 is 1. The molecule has 1 atom stereocenters. The van der Waals surface area contributed by atoms with Gasteiger partial charge in [0.05, 0.1) is 18.1 Å². The standard InChI is InChI=1S/C17H16BrClO2/c1-21-17(20)15-8-3-2-5-12(15)9-10-16(19)13-6-4-7-14(18)11-13/h2-8,11,16H,9-10H2,1H3. The summed E-state index contributed by atoms with van der Waals surface area (Å²) >= 11 is 9.90. The van der Waals surface area contributed by atoms with E-state index in [2.05, 4.69) is 15.9 Å². The van der Waals surface area contributed by atoms with Gasteiger partial charge in [0, 0.05) is 4.47 Å². The van der Waals surface area contributed by atoms with E-state index in [1.54, 1.807) is 6.07 Å². The van der Waals surface area contributed by atoms with Gasteiger partial charge in [-0.3, -0.25) is 0 Å². The third-order valence-electron chi connectivity index (χ3n) is 3.30. The van der Waals surface area contributed by atoms with E-state index in [0.29, 0.717) is 5.56 Å². The number of aryl methyl sites for hydroxylation is 1. The van der Waals surface area contributed by atoms with Gasteiger partial charge in [-0.2, -0.15) is 0 Å². The van der Waals surface area contributed by atoms with Gasteiger partial charge in [0.25, 0.3) is 0 Å². The molecule has 0 heterocycles. The maximum atomic E-state index is 11.7. The summed E-state index contributed by atoms with van der Waals surface area (Å²) in [5.74, 6) is -0.306. The molecule has 4 heteroatoms. The SMILES string of the molecule is COC(=O)c1ccccc1CCC(Cl)c1cccc(Br)c1. The van der Waals surface area contributed by atoms with Crippen LogP contribution in [0.5, 0.6) is 0 Å². The van der Waals surface area contributed by atoms with Crippen molar-refractivity contribution >= 4 is 33.5 Å². The summed E-state index contributed by atoms with van der Waals surface area (Å²) in [6, 6.07) is 15.4. The number of ether oxygens (including phenoxy) is 1. The van der Waals surface area contributed by atoms with Crippen LogP contribution in [0.25, 0.3) is 0 Å². The van der Waals surface area contributed by atoms with Crippen LogP contribution >= 0.6 is 27.5 Å². The van der Waals surface area contributed by atoms with Crippen LogP contribution in [-0.4, -0.2) is 13.1 Å². The fourth-order valence-corrected chi connectivity index (χ4v) is 2.86. The minimum Gasteiger partial charge on any atom is -0.465 e. The van der Waals surface area contributed by atoms with Crippen LogP contribution in [0, 0.1) is 0 Å². The minimum absolute atomic E-state index is 0.0896. The van der Waals surface area contributed by atoms with Crippen LogP contribution in [0.4, 0.5) is 0 Å². The van der Waals surface area contributed by atoms with Gasteiger partial charge in [-0.25, -0.2) is 4.79 Å². The number of alkyl halides is 1. The third kappa shape index (κ3) is 4.32. The van der Waals surface area contributed by atoms with Crippen molar-refractivity contribution in [3.05, 3.63) is 69.7 Å². The number of carbonyl (C=O) groups excluding carboxylic acids is 1. The minimum atomic E-state index is -0.306. The summed E-state index contributed by atoms with van der Waals surface area (Å²) in [4.78, 5) is 11.7. The van der Waals surface area contributed by atoms with Crippen LogP contribution in [0.15, 0.2) is 53.0 Å². The monoisotopic (exact) mass is 366 g/mol. The number of rotatable bonds is 5. The van der Waals surface area contributed by atoms with Gasteiger partial charge in [-0.05, 0) is 42.2 Å². The molecule has 0 aliphatic rings. The summed E-state index contributed by atoms with van der Waals surface area (Å²) in [5, 5.41) is -0.0896. The zero-order chi connectivity index (χ0) is 15.2. The fourth-order valence-electron chi connectivity index (χ4n) is 2.20. The Morgan fingerprint density at radius 2 is 2.00 bits per heavy atom. The second kappa shape index (κ2) is 7.62. The number of halogens is 2. The average Bonchev–Trinajstić information content (AvgIpc) is 2.52. The van der Waals surface area contributed by atoms with Crippen molar-refractivity contribution in [2.24, 2.45) is 0 Å². The highest BCUT2D eigenvalue weighted by Crippen LogP contribution is 2.28. The quantitative estimate of drug-likeness (QED) is 0.540. The first-order valence-corrected chi connectivity index (χ1v) is 7.90. The second-order valence-corrected chi connectivity index (χ2v) is 6.15. The molecular formula is C17H16BrClO2. The molecule has 0 spiro atoms. The van der Waals surface area contributed by atoms with Crippen LogP contribution < -0.4 is 0 Å². The number of hydrogen-bond donors (Lipinski definition) is 0. The summed E-state index contributed by atoms with van der Waals surface area (Å²) < 4.78 is 5.82. The molecule has 0 aliphatic heterocycles. The molecule has 2 aromatic rings. The molecule has 1 unspecified atom stereocenters. The van der Waals surface area contributed by atoms with E-state index in [0.717, 1.165) is 28.4 Å². The van der Waals surface area contributed by atoms with E-state index in [1.165, 1.54) is 7.11 Å². The molecule has 110 valence electrons. The van der Waals surface area contributed by atoms with E-state index < -0.39 is 0 Å². The molecule has 21 heavy (non-hydrogen) atoms. The first-order chi connectivity index (χ1) is 10.1. The summed E-state index contributed by atoms with van der Waals surface area (Å²) in [5.41, 5.74) is 2.64. The first kappa shape index (κ1) is 16.1. The van der Waals surface area contributed by atoms with Gasteiger partial charge >= 0.3 is 5.97 Å². The predicted octanol–water partition coefficient (Wildman–Crippen LogP) is 5.15. The van der Waals surface area contributed by atoms with Crippen LogP contribution in [0.3, 0.4) is 0 Å². The lowest BCUT2D eigenvalue weighted by Gasteiger charge is -2.12. The van der Waals surface area contributed by atoms with E-state index in [9.17, 15) is 4.79 Å². The molecule has 0 aromatic heterocycles. The molecule has 0 saturated carbocycles. The van der Waals surface area contributed by atoms with Gasteiger partial charge in [-0.1, -0.05) is 46.3 Å². The van der Waals surface area contributed by atoms with Gasteiger partial charge in [0.1, 0.15) is 0 Å². The molecule has 2 rings (SSSR count). The summed E-state index contributed by atoms with van der Waals surface area (Å²) in [7, 11) is 1.39. The second-order valence-electron chi connectivity index (χ2n) is 4.71. The summed E-state index contributed by atoms with van der Waals surface area (Å²) in [6.45, 7) is 0. The Labute approximate surface area is 138 Å². The van der Waals surface area contributed by atoms with Gasteiger partial charge in [0.15, 0.2) is 0 Å². The van der Waals surface area contributed by atoms with Crippen molar-refractivity contribution in [3.8, 4) is 0 Å². The lowest BCUT2D eigenvalue weighted by molar-refractivity contribution is 0.0599. The van der Waals surface area contributed by atoms with Crippen LogP contribution in [0.2, 0.25) is 0 Å². The van der Waals surface area contributed by atoms with Crippen molar-refractivity contribution in [3.63, 3.8) is 0 Å². The Balaban J connectivity index is 2.08. The van der Waals surface area contributed by atoms with Crippen molar-refractivity contribution in [2.75, 3.05) is 7.11 Å². The first-order valence-electron chi connectivity index (χ1n) is 6.67. The molecular weight excluding hydrogens is 352 g/mol. The molecule has 2 aromatic carbocycles. The fraction of sp³-hybridized carbons (Fsp3) is 0.235. The number of carbonyl (C=O) groups is 1. The van der Waals surface area contributed by atoms with Crippen molar-refractivity contribution < 1.29 is 9.53 Å². The Morgan fingerprint density at radius 3 is 2.71 bits per heavy atom. The van der Waals surface area contributed by atoms with Crippen molar-refractivity contribution in [1.82, 2.24) is 0 Å². The van der Waals surface area contributed by atoms with E-state index in [4.69, 9.17) is 16.3 Å². The molecule has 0 amide bonds. The van der Waals surface area contributed by atoms with Crippen molar-refractivity contribution in [2.45, 2.75) is 18.2 Å². The van der Waals surface area contributed by atoms with Crippen LogP contribution in [-0.2, 0) is 11.2 Å². The molecule has 0 fully saturated rings. The zero-order valence-corrected chi connectivity index (χ0v) is 14.0. The van der Waals surface area contributed by atoms with Gasteiger partial charge < -0.3 is 4.74 Å². The van der Waals surface area contributed by atoms with E-state index >= 15 is 0 Å². The number of benzene rings is 2. The molecule has 0 saturated heterocycles. The maximum absolute atomic E-state index is 11.7. The van der Waals surface area contributed by atoms with E-state index in [-0.39, 0.29) is 11.3 Å². The van der Waals surface area contributed by atoms with Crippen molar-refractivity contribution in [1.29, 1.82) is 0 Å². The lowest BCUT2D eigenvalue weighted by atomic mass is 9.99. The molecule has 0 N–H and O–H groups in total. The molecule has 0 bridgehead atoms. The Kier molecular flexibility index (Phi) is 5.83. The normalized spacial score (nSPS) is 12.0. The average molecular weight is 368 g/mol. The highest BCUT2D eigenvalue weighted by atomic mass is 79.9.